The van der Waals surface area contributed by atoms with E-state index < -0.39 is 0 Å². The highest BCUT2D eigenvalue weighted by Crippen LogP contribution is 2.39. The molecule has 0 radical (unpaired) electrons. The first kappa shape index (κ1) is 34.9. The van der Waals surface area contributed by atoms with Crippen molar-refractivity contribution in [1.29, 1.82) is 0 Å². The Labute approximate surface area is 353 Å². The fourth-order valence-corrected chi connectivity index (χ4v) is 9.02. The Bertz CT molecular complexity index is 3610. The summed E-state index contributed by atoms with van der Waals surface area (Å²) < 4.78 is 2.27. The van der Waals surface area contributed by atoms with E-state index in [-0.39, 0.29) is 0 Å². The number of aromatic nitrogens is 3. The fraction of sp³-hybridized carbons (Fsp3) is 0. The molecule has 0 N–H and O–H groups in total. The SMILES string of the molecule is c1ccc(-c2ccc(-c3ccc4c(c3)c3cc5ccccc5cc3n4-c3nc(-c4ccc(-c5ccccc5)cc4)c4ccc(-c5ccc6ccccc6c5)cc4n3)cc2)cc1. The van der Waals surface area contributed by atoms with Gasteiger partial charge in [-0.25, -0.2) is 9.97 Å². The van der Waals surface area contributed by atoms with Crippen molar-refractivity contribution < 1.29 is 0 Å². The maximum absolute atomic E-state index is 5.51. The van der Waals surface area contributed by atoms with Gasteiger partial charge in [-0.2, -0.15) is 0 Å². The summed E-state index contributed by atoms with van der Waals surface area (Å²) in [6.45, 7) is 0. The predicted molar refractivity (Wildman–Crippen MR) is 256 cm³/mol. The minimum atomic E-state index is 0.639. The van der Waals surface area contributed by atoms with E-state index in [1.807, 2.05) is 0 Å². The quantitative estimate of drug-likeness (QED) is 0.168. The molecule has 284 valence electrons. The summed E-state index contributed by atoms with van der Waals surface area (Å²) in [6.07, 6.45) is 0. The Kier molecular flexibility index (Phi) is 8.17. The lowest BCUT2D eigenvalue weighted by atomic mass is 9.98. The van der Waals surface area contributed by atoms with Crippen LogP contribution in [0.15, 0.2) is 224 Å². The van der Waals surface area contributed by atoms with Crippen molar-refractivity contribution in [2.24, 2.45) is 0 Å². The standard InChI is InChI=1S/C58H37N3/c1-3-11-38(12-4-1)41-19-21-43(22-20-41)49-30-32-55-52(35-49)53-34-46-17-9-10-18-47(46)37-56(53)61(55)58-59-54-36-50(48-28-25-40-15-7-8-16-45(40)33-48)29-31-51(54)57(60-58)44-26-23-42(24-27-44)39-13-5-2-6-14-39/h1-37H. The van der Waals surface area contributed by atoms with Crippen LogP contribution in [0.25, 0.3) is 116 Å². The lowest BCUT2D eigenvalue weighted by Crippen LogP contribution is -2.03. The second-order valence-corrected chi connectivity index (χ2v) is 15.8. The molecule has 2 heterocycles. The summed E-state index contributed by atoms with van der Waals surface area (Å²) in [4.78, 5) is 11.0. The van der Waals surface area contributed by atoms with Gasteiger partial charge in [0.1, 0.15) is 0 Å². The summed E-state index contributed by atoms with van der Waals surface area (Å²) in [5.41, 5.74) is 14.3. The van der Waals surface area contributed by atoms with Crippen molar-refractivity contribution in [3.05, 3.63) is 224 Å². The summed E-state index contributed by atoms with van der Waals surface area (Å²) in [6, 6.07) is 80.6. The van der Waals surface area contributed by atoms with Crippen LogP contribution in [0.4, 0.5) is 0 Å². The molecule has 0 saturated heterocycles. The summed E-state index contributed by atoms with van der Waals surface area (Å²) in [7, 11) is 0. The average molecular weight is 776 g/mol. The fourth-order valence-electron chi connectivity index (χ4n) is 9.02. The van der Waals surface area contributed by atoms with E-state index in [1.165, 1.54) is 54.7 Å². The van der Waals surface area contributed by atoms with Crippen LogP contribution < -0.4 is 0 Å². The molecule has 10 aromatic carbocycles. The number of hydrogen-bond acceptors (Lipinski definition) is 2. The minimum Gasteiger partial charge on any atom is -0.278 e. The van der Waals surface area contributed by atoms with Crippen LogP contribution in [0.3, 0.4) is 0 Å². The number of rotatable bonds is 6. The van der Waals surface area contributed by atoms with Gasteiger partial charge in [-0.15, -0.1) is 0 Å². The van der Waals surface area contributed by atoms with Gasteiger partial charge in [-0.05, 0) is 109 Å². The number of fused-ring (bicyclic) bond motifs is 6. The number of nitrogens with zero attached hydrogens (tertiary/aromatic N) is 3. The summed E-state index contributed by atoms with van der Waals surface area (Å²) in [5, 5.41) is 8.15. The molecular weight excluding hydrogens is 739 g/mol. The van der Waals surface area contributed by atoms with Crippen LogP contribution in [-0.2, 0) is 0 Å². The highest BCUT2D eigenvalue weighted by molar-refractivity contribution is 6.14. The Morgan fingerprint density at radius 1 is 0.262 bits per heavy atom. The first-order valence-corrected chi connectivity index (χ1v) is 20.8. The van der Waals surface area contributed by atoms with Crippen LogP contribution in [0.1, 0.15) is 0 Å². The monoisotopic (exact) mass is 775 g/mol. The van der Waals surface area contributed by atoms with E-state index in [2.05, 4.69) is 229 Å². The van der Waals surface area contributed by atoms with Crippen molar-refractivity contribution in [3.8, 4) is 61.7 Å². The Morgan fingerprint density at radius 3 is 1.39 bits per heavy atom. The molecule has 0 amide bonds. The van der Waals surface area contributed by atoms with Crippen LogP contribution in [0, 0.1) is 0 Å². The van der Waals surface area contributed by atoms with Gasteiger partial charge in [-0.3, -0.25) is 4.57 Å². The number of hydrogen-bond donors (Lipinski definition) is 0. The molecule has 3 heteroatoms. The van der Waals surface area contributed by atoms with Crippen LogP contribution in [0.2, 0.25) is 0 Å². The van der Waals surface area contributed by atoms with Gasteiger partial charge in [-0.1, -0.05) is 182 Å². The number of benzene rings is 10. The summed E-state index contributed by atoms with van der Waals surface area (Å²) >= 11 is 0. The molecule has 0 unspecified atom stereocenters. The highest BCUT2D eigenvalue weighted by atomic mass is 15.2. The zero-order valence-electron chi connectivity index (χ0n) is 33.2. The van der Waals surface area contributed by atoms with Crippen LogP contribution in [0.5, 0.6) is 0 Å². The molecule has 0 spiro atoms. The molecule has 0 atom stereocenters. The highest BCUT2D eigenvalue weighted by Gasteiger charge is 2.20. The molecule has 2 aromatic heterocycles. The first-order valence-electron chi connectivity index (χ1n) is 20.8. The molecule has 0 fully saturated rings. The molecule has 0 aliphatic heterocycles. The zero-order valence-corrected chi connectivity index (χ0v) is 33.2. The van der Waals surface area contributed by atoms with Gasteiger partial charge in [0.25, 0.3) is 0 Å². The van der Waals surface area contributed by atoms with Crippen LogP contribution in [-0.4, -0.2) is 14.5 Å². The van der Waals surface area contributed by atoms with E-state index in [0.29, 0.717) is 5.95 Å². The molecule has 12 rings (SSSR count). The molecule has 3 nitrogen and oxygen atoms in total. The van der Waals surface area contributed by atoms with E-state index in [1.54, 1.807) is 0 Å². The molecule has 0 bridgehead atoms. The second-order valence-electron chi connectivity index (χ2n) is 15.8. The van der Waals surface area contributed by atoms with E-state index >= 15 is 0 Å². The lowest BCUT2D eigenvalue weighted by Gasteiger charge is -2.14. The normalized spacial score (nSPS) is 11.6. The molecule has 0 aliphatic rings. The summed E-state index contributed by atoms with van der Waals surface area (Å²) in [5.74, 6) is 0.639. The third-order valence-electron chi connectivity index (χ3n) is 12.2. The average Bonchev–Trinajstić information content (AvgIpc) is 3.65. The van der Waals surface area contributed by atoms with Gasteiger partial charge in [0, 0.05) is 21.7 Å². The molecule has 61 heavy (non-hydrogen) atoms. The minimum absolute atomic E-state index is 0.639. The van der Waals surface area contributed by atoms with Crippen molar-refractivity contribution >= 4 is 54.3 Å². The Hall–Kier alpha value is -8.14. The molecule has 0 aliphatic carbocycles. The Morgan fingerprint density at radius 2 is 0.721 bits per heavy atom. The molecular formula is C58H37N3. The smallest absolute Gasteiger partial charge is 0.235 e. The van der Waals surface area contributed by atoms with Gasteiger partial charge < -0.3 is 0 Å². The van der Waals surface area contributed by atoms with Crippen LogP contribution >= 0.6 is 0 Å². The van der Waals surface area contributed by atoms with E-state index in [4.69, 9.17) is 9.97 Å². The maximum atomic E-state index is 5.51. The van der Waals surface area contributed by atoms with Crippen molar-refractivity contribution in [1.82, 2.24) is 14.5 Å². The van der Waals surface area contributed by atoms with E-state index in [9.17, 15) is 0 Å². The second kappa shape index (κ2) is 14.3. The van der Waals surface area contributed by atoms with Gasteiger partial charge in [0.15, 0.2) is 0 Å². The maximum Gasteiger partial charge on any atom is 0.235 e. The van der Waals surface area contributed by atoms with Gasteiger partial charge >= 0.3 is 0 Å². The topological polar surface area (TPSA) is 30.7 Å². The zero-order chi connectivity index (χ0) is 40.3. The third-order valence-corrected chi connectivity index (χ3v) is 12.2. The third kappa shape index (κ3) is 6.14. The van der Waals surface area contributed by atoms with E-state index in [0.717, 1.165) is 55.3 Å². The lowest BCUT2D eigenvalue weighted by molar-refractivity contribution is 1.01. The van der Waals surface area contributed by atoms with Gasteiger partial charge in [0.2, 0.25) is 5.95 Å². The Balaban J connectivity index is 1.07. The predicted octanol–water partition coefficient (Wildman–Crippen LogP) is 15.4. The first-order chi connectivity index (χ1) is 30.2. The molecule has 12 aromatic rings. The van der Waals surface area contributed by atoms with Crippen molar-refractivity contribution in [3.63, 3.8) is 0 Å². The van der Waals surface area contributed by atoms with Crippen molar-refractivity contribution in [2.75, 3.05) is 0 Å². The van der Waals surface area contributed by atoms with Gasteiger partial charge in [0.05, 0.1) is 22.2 Å². The largest absolute Gasteiger partial charge is 0.278 e. The van der Waals surface area contributed by atoms with Crippen molar-refractivity contribution in [2.45, 2.75) is 0 Å². The molecule has 0 saturated carbocycles.